The van der Waals surface area contributed by atoms with Gasteiger partial charge in [0.15, 0.2) is 5.65 Å². The Morgan fingerprint density at radius 2 is 2.10 bits per heavy atom. The van der Waals surface area contributed by atoms with Crippen LogP contribution in [0.25, 0.3) is 5.65 Å². The highest BCUT2D eigenvalue weighted by Crippen LogP contribution is 2.33. The lowest BCUT2D eigenvalue weighted by Crippen LogP contribution is -2.31. The summed E-state index contributed by atoms with van der Waals surface area (Å²) >= 11 is 0. The summed E-state index contributed by atoms with van der Waals surface area (Å²) in [4.78, 5) is 0. The second-order valence-electron chi connectivity index (χ2n) is 4.83. The van der Waals surface area contributed by atoms with Crippen molar-refractivity contribution in [2.24, 2.45) is 11.7 Å². The van der Waals surface area contributed by atoms with Crippen molar-refractivity contribution >= 4 is 11.5 Å². The van der Waals surface area contributed by atoms with E-state index in [1.54, 1.807) is 6.07 Å². The van der Waals surface area contributed by atoms with Gasteiger partial charge >= 0.3 is 6.18 Å². The minimum atomic E-state index is -4.59. The van der Waals surface area contributed by atoms with Gasteiger partial charge in [0.1, 0.15) is 5.82 Å². The molecule has 0 bridgehead atoms. The molecule has 2 heterocycles. The van der Waals surface area contributed by atoms with Gasteiger partial charge < -0.3 is 11.1 Å². The highest BCUT2D eigenvalue weighted by molar-refractivity contribution is 5.45. The van der Waals surface area contributed by atoms with E-state index in [0.29, 0.717) is 22.8 Å². The number of hydrogen-bond acceptors (Lipinski definition) is 5. The number of rotatable bonds is 4. The van der Waals surface area contributed by atoms with Crippen molar-refractivity contribution in [3.8, 4) is 0 Å². The molecular weight excluding hydrogens is 273 g/mol. The van der Waals surface area contributed by atoms with Crippen molar-refractivity contribution in [2.45, 2.75) is 25.1 Å². The van der Waals surface area contributed by atoms with E-state index in [2.05, 4.69) is 20.6 Å². The summed E-state index contributed by atoms with van der Waals surface area (Å²) in [6, 6.07) is 3.05. The Morgan fingerprint density at radius 3 is 2.70 bits per heavy atom. The zero-order valence-corrected chi connectivity index (χ0v) is 10.4. The summed E-state index contributed by atoms with van der Waals surface area (Å²) in [5.74, 6) is -0.322. The molecule has 2 aromatic rings. The fourth-order valence-corrected chi connectivity index (χ4v) is 2.10. The summed E-state index contributed by atoms with van der Waals surface area (Å²) in [6.07, 6.45) is -2.43. The van der Waals surface area contributed by atoms with Gasteiger partial charge in [-0.2, -0.15) is 17.7 Å². The third kappa shape index (κ3) is 2.40. The lowest BCUT2D eigenvalue weighted by atomic mass is 10.2. The van der Waals surface area contributed by atoms with Crippen molar-refractivity contribution in [1.82, 2.24) is 19.8 Å². The zero-order chi connectivity index (χ0) is 14.3. The molecule has 6 nitrogen and oxygen atoms in total. The highest BCUT2D eigenvalue weighted by Gasteiger charge is 2.38. The third-order valence-corrected chi connectivity index (χ3v) is 3.29. The number of nitrogens with one attached hydrogen (secondary N) is 1. The molecule has 3 N–H and O–H groups in total. The minimum absolute atomic E-state index is 0.0331. The number of halogens is 3. The number of alkyl halides is 3. The maximum absolute atomic E-state index is 12.7. The first-order valence-electron chi connectivity index (χ1n) is 6.25. The van der Waals surface area contributed by atoms with Crippen LogP contribution in [0.4, 0.5) is 19.0 Å². The van der Waals surface area contributed by atoms with Crippen LogP contribution in [-0.4, -0.2) is 32.4 Å². The Balaban J connectivity index is 1.92. The van der Waals surface area contributed by atoms with Crippen molar-refractivity contribution in [2.75, 3.05) is 11.9 Å². The van der Waals surface area contributed by atoms with Crippen molar-refractivity contribution < 1.29 is 13.2 Å². The Hall–Kier alpha value is -1.90. The minimum Gasteiger partial charge on any atom is -0.364 e. The topological polar surface area (TPSA) is 81.1 Å². The molecule has 0 aromatic carbocycles. The van der Waals surface area contributed by atoms with Gasteiger partial charge in [-0.1, -0.05) is 0 Å². The average molecular weight is 286 g/mol. The smallest absolute Gasteiger partial charge is 0.364 e. The number of fused-ring (bicyclic) bond motifs is 1. The molecule has 108 valence electrons. The van der Waals surface area contributed by atoms with Crippen LogP contribution in [0, 0.1) is 5.92 Å². The first-order valence-corrected chi connectivity index (χ1v) is 6.25. The summed E-state index contributed by atoms with van der Waals surface area (Å²) in [7, 11) is 0. The van der Waals surface area contributed by atoms with E-state index >= 15 is 0 Å². The molecule has 0 saturated heterocycles. The van der Waals surface area contributed by atoms with Gasteiger partial charge in [-0.3, -0.25) is 0 Å². The van der Waals surface area contributed by atoms with Gasteiger partial charge in [0.2, 0.25) is 0 Å². The third-order valence-electron chi connectivity index (χ3n) is 3.29. The molecule has 20 heavy (non-hydrogen) atoms. The maximum atomic E-state index is 12.7. The molecule has 1 unspecified atom stereocenters. The number of aromatic nitrogens is 4. The predicted octanol–water partition coefficient (Wildman–Crippen LogP) is 1.29. The summed E-state index contributed by atoms with van der Waals surface area (Å²) in [5.41, 5.74) is 5.71. The van der Waals surface area contributed by atoms with Crippen LogP contribution in [0.15, 0.2) is 12.1 Å². The normalized spacial score (nSPS) is 17.4. The first kappa shape index (κ1) is 13.1. The first-order chi connectivity index (χ1) is 9.49. The van der Waals surface area contributed by atoms with Gasteiger partial charge in [0.25, 0.3) is 5.82 Å². The molecule has 3 rings (SSSR count). The van der Waals surface area contributed by atoms with Crippen molar-refractivity contribution in [1.29, 1.82) is 0 Å². The van der Waals surface area contributed by atoms with Crippen LogP contribution >= 0.6 is 0 Å². The van der Waals surface area contributed by atoms with E-state index in [1.807, 2.05) is 0 Å². The van der Waals surface area contributed by atoms with E-state index in [4.69, 9.17) is 5.73 Å². The van der Waals surface area contributed by atoms with Crippen molar-refractivity contribution in [3.63, 3.8) is 0 Å². The molecule has 0 aliphatic heterocycles. The molecule has 1 aliphatic rings. The monoisotopic (exact) mass is 286 g/mol. The fourth-order valence-electron chi connectivity index (χ4n) is 2.10. The largest absolute Gasteiger partial charge is 0.453 e. The molecule has 1 fully saturated rings. The number of nitrogens with two attached hydrogens (primary N) is 1. The van der Waals surface area contributed by atoms with E-state index in [9.17, 15) is 13.2 Å². The van der Waals surface area contributed by atoms with Crippen LogP contribution < -0.4 is 11.1 Å². The molecule has 0 spiro atoms. The Kier molecular flexibility index (Phi) is 3.00. The lowest BCUT2D eigenvalue weighted by Gasteiger charge is -2.16. The fraction of sp³-hybridized carbons (Fsp3) is 0.545. The Bertz CT molecular complexity index is 618. The SMILES string of the molecule is NCC(Nc1ccc2nnc(C(F)(F)F)n2n1)C1CC1. The Labute approximate surface area is 112 Å². The van der Waals surface area contributed by atoms with Gasteiger partial charge in [0.05, 0.1) is 0 Å². The van der Waals surface area contributed by atoms with Gasteiger partial charge in [-0.25, -0.2) is 0 Å². The molecule has 0 amide bonds. The molecular formula is C11H13F3N6. The van der Waals surface area contributed by atoms with E-state index in [1.165, 1.54) is 6.07 Å². The van der Waals surface area contributed by atoms with Crippen LogP contribution in [0.3, 0.4) is 0 Å². The predicted molar refractivity (Wildman–Crippen MR) is 65.0 cm³/mol. The number of anilines is 1. The molecule has 0 radical (unpaired) electrons. The van der Waals surface area contributed by atoms with E-state index in [0.717, 1.165) is 12.8 Å². The van der Waals surface area contributed by atoms with E-state index in [-0.39, 0.29) is 11.7 Å². The standard InChI is InChI=1S/C11H13F3N6/c12-11(13,14)10-18-17-9-4-3-8(19-20(9)10)16-7(5-15)6-1-2-6/h3-4,6-7H,1-2,5,15H2,(H,16,19). The molecule has 1 aliphatic carbocycles. The van der Waals surface area contributed by atoms with Gasteiger partial charge in [-0.15, -0.1) is 15.3 Å². The van der Waals surface area contributed by atoms with Crippen molar-refractivity contribution in [3.05, 3.63) is 18.0 Å². The number of hydrogen-bond donors (Lipinski definition) is 2. The summed E-state index contributed by atoms with van der Waals surface area (Å²) in [5, 5.41) is 13.6. The summed E-state index contributed by atoms with van der Waals surface area (Å²) < 4.78 is 38.9. The zero-order valence-electron chi connectivity index (χ0n) is 10.4. The molecule has 9 heteroatoms. The number of nitrogens with zero attached hydrogens (tertiary/aromatic N) is 4. The summed E-state index contributed by atoms with van der Waals surface area (Å²) in [6.45, 7) is 0.415. The maximum Gasteiger partial charge on any atom is 0.453 e. The van der Waals surface area contributed by atoms with Crippen LogP contribution in [-0.2, 0) is 6.18 Å². The molecule has 2 aromatic heterocycles. The second kappa shape index (κ2) is 4.58. The van der Waals surface area contributed by atoms with Gasteiger partial charge in [-0.05, 0) is 30.9 Å². The van der Waals surface area contributed by atoms with Crippen LogP contribution in [0.2, 0.25) is 0 Å². The second-order valence-corrected chi connectivity index (χ2v) is 4.83. The average Bonchev–Trinajstić information content (AvgIpc) is 3.13. The molecule has 1 saturated carbocycles. The van der Waals surface area contributed by atoms with Crippen LogP contribution in [0.1, 0.15) is 18.7 Å². The quantitative estimate of drug-likeness (QED) is 0.885. The van der Waals surface area contributed by atoms with E-state index < -0.39 is 12.0 Å². The highest BCUT2D eigenvalue weighted by atomic mass is 19.4. The molecule has 1 atom stereocenters. The Morgan fingerprint density at radius 1 is 1.35 bits per heavy atom. The van der Waals surface area contributed by atoms with Gasteiger partial charge in [0, 0.05) is 12.6 Å². The lowest BCUT2D eigenvalue weighted by molar-refractivity contribution is -0.146. The van der Waals surface area contributed by atoms with Crippen LogP contribution in [0.5, 0.6) is 0 Å².